The molecule has 33 heavy (non-hydrogen) atoms. The number of aliphatic carboxylic acids is 3. The van der Waals surface area contributed by atoms with E-state index in [1.54, 1.807) is 0 Å². The maximum atomic E-state index is 11.5. The van der Waals surface area contributed by atoms with E-state index in [0.717, 1.165) is 0 Å². The van der Waals surface area contributed by atoms with Gasteiger partial charge in [0.25, 0.3) is 0 Å². The Morgan fingerprint density at radius 2 is 1.30 bits per heavy atom. The molecule has 0 unspecified atom stereocenters. The summed E-state index contributed by atoms with van der Waals surface area (Å²) >= 11 is 0. The average Bonchev–Trinajstić information content (AvgIpc) is 2.71. The van der Waals surface area contributed by atoms with E-state index < -0.39 is 73.3 Å². The van der Waals surface area contributed by atoms with Gasteiger partial charge in [0.15, 0.2) is 6.29 Å². The van der Waals surface area contributed by atoms with Gasteiger partial charge in [-0.2, -0.15) is 0 Å². The van der Waals surface area contributed by atoms with E-state index in [4.69, 9.17) is 29.4 Å². The highest BCUT2D eigenvalue weighted by molar-refractivity contribution is 5.70. The predicted octanol–water partition coefficient (Wildman–Crippen LogP) is -0.444. The highest BCUT2D eigenvalue weighted by Gasteiger charge is 2.48. The minimum absolute atomic E-state index is 0.00134. The number of carboxylic acids is 3. The second-order valence-corrected chi connectivity index (χ2v) is 7.51. The number of nitrogens with two attached hydrogens (primary N) is 1. The monoisotopic (exact) mass is 479 g/mol. The molecule has 0 saturated carbocycles. The van der Waals surface area contributed by atoms with Crippen LogP contribution in [0.4, 0.5) is 0 Å². The molecule has 5 atom stereocenters. The summed E-state index contributed by atoms with van der Waals surface area (Å²) in [6, 6.07) is 0. The van der Waals surface area contributed by atoms with Gasteiger partial charge >= 0.3 is 23.9 Å². The van der Waals surface area contributed by atoms with Crippen molar-refractivity contribution in [2.24, 2.45) is 23.5 Å². The molecular formula is C20H33NO12. The lowest BCUT2D eigenvalue weighted by atomic mass is 9.71. The van der Waals surface area contributed by atoms with Crippen molar-refractivity contribution < 1.29 is 58.2 Å². The number of hydrogen-bond acceptors (Lipinski definition) is 10. The van der Waals surface area contributed by atoms with E-state index in [1.807, 2.05) is 0 Å². The number of hydrogen-bond donors (Lipinski definition) is 4. The van der Waals surface area contributed by atoms with Crippen molar-refractivity contribution in [1.29, 1.82) is 0 Å². The molecule has 0 aromatic heterocycles. The Balaban J connectivity index is 2.95. The molecule has 0 bridgehead atoms. The molecular weight excluding hydrogens is 446 g/mol. The summed E-state index contributed by atoms with van der Waals surface area (Å²) in [5.41, 5.74) is 5.31. The van der Waals surface area contributed by atoms with Crippen molar-refractivity contribution in [3.8, 4) is 0 Å². The maximum Gasteiger partial charge on any atom is 0.303 e. The Morgan fingerprint density at radius 3 is 1.85 bits per heavy atom. The Bertz CT molecular complexity index is 643. The second kappa shape index (κ2) is 15.5. The Labute approximate surface area is 191 Å². The first-order chi connectivity index (χ1) is 15.6. The molecule has 13 nitrogen and oxygen atoms in total. The largest absolute Gasteiger partial charge is 0.481 e. The quantitative estimate of drug-likeness (QED) is 0.154. The summed E-state index contributed by atoms with van der Waals surface area (Å²) < 4.78 is 27.0. The number of carbonyl (C=O) groups excluding carboxylic acids is 1. The number of esters is 1. The first kappa shape index (κ1) is 28.7. The van der Waals surface area contributed by atoms with Gasteiger partial charge in [-0.15, -0.1) is 0 Å². The molecule has 0 aromatic rings. The normalized spacial score (nSPS) is 24.8. The lowest BCUT2D eigenvalue weighted by molar-refractivity contribution is -0.268. The zero-order valence-corrected chi connectivity index (χ0v) is 18.6. The van der Waals surface area contributed by atoms with Crippen LogP contribution in [0.1, 0.15) is 26.2 Å². The van der Waals surface area contributed by atoms with Crippen LogP contribution in [-0.2, 0) is 42.9 Å². The summed E-state index contributed by atoms with van der Waals surface area (Å²) in [6.07, 6.45) is -3.63. The van der Waals surface area contributed by atoms with Crippen LogP contribution in [0.2, 0.25) is 0 Å². The minimum Gasteiger partial charge on any atom is -0.481 e. The Hall–Kier alpha value is -2.32. The highest BCUT2D eigenvalue weighted by Crippen LogP contribution is 2.42. The van der Waals surface area contributed by atoms with Gasteiger partial charge in [-0.05, 0) is 5.92 Å². The van der Waals surface area contributed by atoms with Crippen LogP contribution in [-0.4, -0.2) is 97.8 Å². The van der Waals surface area contributed by atoms with Crippen molar-refractivity contribution in [2.75, 3.05) is 46.2 Å². The van der Waals surface area contributed by atoms with E-state index in [2.05, 4.69) is 0 Å². The maximum absolute atomic E-state index is 11.5. The first-order valence-electron chi connectivity index (χ1n) is 10.6. The molecule has 0 radical (unpaired) electrons. The average molecular weight is 479 g/mol. The molecule has 5 N–H and O–H groups in total. The van der Waals surface area contributed by atoms with Crippen molar-refractivity contribution in [3.05, 3.63) is 0 Å². The summed E-state index contributed by atoms with van der Waals surface area (Å²) in [5, 5.41) is 28.1. The van der Waals surface area contributed by atoms with Crippen molar-refractivity contribution >= 4 is 23.9 Å². The van der Waals surface area contributed by atoms with Gasteiger partial charge in [0.1, 0.15) is 6.61 Å². The molecule has 1 aliphatic heterocycles. The smallest absolute Gasteiger partial charge is 0.303 e. The summed E-state index contributed by atoms with van der Waals surface area (Å²) in [5.74, 6) is -7.03. The summed E-state index contributed by atoms with van der Waals surface area (Å²) in [6.45, 7) is 2.38. The Morgan fingerprint density at radius 1 is 0.788 bits per heavy atom. The van der Waals surface area contributed by atoms with Gasteiger partial charge in [0.2, 0.25) is 0 Å². The van der Waals surface area contributed by atoms with Crippen molar-refractivity contribution in [3.63, 3.8) is 0 Å². The molecule has 0 aromatic carbocycles. The van der Waals surface area contributed by atoms with Crippen molar-refractivity contribution in [1.82, 2.24) is 0 Å². The summed E-state index contributed by atoms with van der Waals surface area (Å²) in [4.78, 5) is 45.7. The zero-order valence-electron chi connectivity index (χ0n) is 18.6. The second-order valence-electron chi connectivity index (χ2n) is 7.51. The van der Waals surface area contributed by atoms with E-state index in [-0.39, 0.29) is 26.4 Å². The number of ether oxygens (including phenoxy) is 5. The van der Waals surface area contributed by atoms with Crippen LogP contribution in [0.3, 0.4) is 0 Å². The summed E-state index contributed by atoms with van der Waals surface area (Å²) in [7, 11) is 0. The third-order valence-electron chi connectivity index (χ3n) is 5.06. The van der Waals surface area contributed by atoms with Crippen molar-refractivity contribution in [2.45, 2.75) is 38.6 Å². The molecule has 1 aliphatic rings. The molecule has 1 fully saturated rings. The fourth-order valence-electron chi connectivity index (χ4n) is 3.76. The van der Waals surface area contributed by atoms with Crippen LogP contribution in [0.25, 0.3) is 0 Å². The number of rotatable bonds is 17. The molecule has 1 rings (SSSR count). The molecule has 190 valence electrons. The topological polar surface area (TPSA) is 201 Å². The molecule has 13 heteroatoms. The lowest BCUT2D eigenvalue weighted by Crippen LogP contribution is -2.52. The predicted molar refractivity (Wildman–Crippen MR) is 109 cm³/mol. The molecule has 1 heterocycles. The fourth-order valence-corrected chi connectivity index (χ4v) is 3.76. The fraction of sp³-hybridized carbons (Fsp3) is 0.800. The number of carboxylic acid groups (broad SMARTS) is 3. The SMILES string of the molecule is CC(=O)OC[C@@H]1O[C@@H](OCCOCCOCCN)[C@H](CC(=O)O)[C@@H](CC(=O)O)[C@H]1CC(=O)O. The van der Waals surface area contributed by atoms with Crippen LogP contribution in [0.5, 0.6) is 0 Å². The van der Waals surface area contributed by atoms with Gasteiger partial charge in [0, 0.05) is 31.7 Å². The lowest BCUT2D eigenvalue weighted by Gasteiger charge is -2.45. The molecule has 0 spiro atoms. The third kappa shape index (κ3) is 11.4. The third-order valence-corrected chi connectivity index (χ3v) is 5.06. The van der Waals surface area contributed by atoms with E-state index in [0.29, 0.717) is 19.8 Å². The van der Waals surface area contributed by atoms with Crippen LogP contribution in [0, 0.1) is 17.8 Å². The van der Waals surface area contributed by atoms with Crippen LogP contribution in [0.15, 0.2) is 0 Å². The van der Waals surface area contributed by atoms with Gasteiger partial charge in [0.05, 0.1) is 52.0 Å². The molecule has 0 aliphatic carbocycles. The molecule has 0 amide bonds. The van der Waals surface area contributed by atoms with Gasteiger partial charge in [-0.25, -0.2) is 0 Å². The zero-order chi connectivity index (χ0) is 24.8. The standard InChI is InChI=1S/C20H33NO12/c1-12(22)32-11-16-14(9-18(25)26)13(8-17(23)24)15(10-19(27)28)20(33-16)31-7-6-30-5-4-29-3-2-21/h13-16,20H,2-11,21H2,1H3,(H,23,24)(H,25,26)(H,27,28)/t13-,14+,15+,16-,20+/m0/s1. The number of carbonyl (C=O) groups is 4. The minimum atomic E-state index is -1.22. The van der Waals surface area contributed by atoms with Gasteiger partial charge in [-0.1, -0.05) is 0 Å². The van der Waals surface area contributed by atoms with Crippen LogP contribution < -0.4 is 5.73 Å². The molecule has 1 saturated heterocycles. The van der Waals surface area contributed by atoms with E-state index in [9.17, 15) is 34.5 Å². The van der Waals surface area contributed by atoms with Gasteiger partial charge < -0.3 is 44.7 Å². The van der Waals surface area contributed by atoms with Gasteiger partial charge in [-0.3, -0.25) is 19.2 Å². The van der Waals surface area contributed by atoms with Crippen LogP contribution >= 0.6 is 0 Å². The van der Waals surface area contributed by atoms with E-state index in [1.165, 1.54) is 6.92 Å². The Kier molecular flexibility index (Phi) is 13.5. The highest BCUT2D eigenvalue weighted by atomic mass is 16.7. The van der Waals surface area contributed by atoms with E-state index >= 15 is 0 Å². The first-order valence-corrected chi connectivity index (χ1v) is 10.6.